The number of amides is 1. The summed E-state index contributed by atoms with van der Waals surface area (Å²) in [5, 5.41) is 24.5. The van der Waals surface area contributed by atoms with Crippen molar-refractivity contribution in [2.75, 3.05) is 13.7 Å². The number of alkyl carbamates (subject to hydrolysis) is 1. The molecule has 0 atom stereocenters. The van der Waals surface area contributed by atoms with Crippen LogP contribution < -0.4 is 20.8 Å². The van der Waals surface area contributed by atoms with E-state index in [1.165, 1.54) is 39.2 Å². The van der Waals surface area contributed by atoms with Crippen LogP contribution in [0.5, 0.6) is 5.75 Å². The van der Waals surface area contributed by atoms with Crippen LogP contribution >= 0.6 is 0 Å². The maximum atomic E-state index is 10.5. The summed E-state index contributed by atoms with van der Waals surface area (Å²) >= 11 is 0. The highest BCUT2D eigenvalue weighted by Crippen LogP contribution is 2.20. The van der Waals surface area contributed by atoms with Gasteiger partial charge in [-0.25, -0.2) is 4.79 Å². The first kappa shape index (κ1) is 25.3. The summed E-state index contributed by atoms with van der Waals surface area (Å²) in [6, 6.07) is 5.89. The van der Waals surface area contributed by atoms with Gasteiger partial charge in [-0.1, -0.05) is 31.4 Å². The molecule has 1 aromatic rings. The van der Waals surface area contributed by atoms with Crippen molar-refractivity contribution >= 4 is 18.7 Å². The van der Waals surface area contributed by atoms with Gasteiger partial charge in [0.05, 0.1) is 6.61 Å². The standard InChI is InChI=1S/C15H24BNO3.C6H13NO2/c1-2-20-15-9-8-13(16(18)19)10-12(15)11-17-14-6-4-3-5-7-14;1-6(2,3)9-5(8)7-4/h8-10,14,17-19H,2-7,11H2,1H3;1-4H3,(H,7,8). The van der Waals surface area contributed by atoms with E-state index >= 15 is 0 Å². The van der Waals surface area contributed by atoms with Crippen LogP contribution in [0, 0.1) is 0 Å². The monoisotopic (exact) mass is 408 g/mol. The maximum Gasteiger partial charge on any atom is 0.488 e. The Bertz CT molecular complexity index is 614. The molecule has 4 N–H and O–H groups in total. The molecule has 1 aliphatic carbocycles. The molecule has 1 aliphatic rings. The lowest BCUT2D eigenvalue weighted by Gasteiger charge is -2.23. The van der Waals surface area contributed by atoms with Crippen LogP contribution in [-0.4, -0.2) is 48.6 Å². The highest BCUT2D eigenvalue weighted by Gasteiger charge is 2.17. The van der Waals surface area contributed by atoms with Crippen LogP contribution in [0.4, 0.5) is 4.79 Å². The van der Waals surface area contributed by atoms with E-state index in [9.17, 15) is 14.8 Å². The molecule has 0 radical (unpaired) electrons. The lowest BCUT2D eigenvalue weighted by atomic mass is 9.79. The van der Waals surface area contributed by atoms with Gasteiger partial charge in [0.25, 0.3) is 0 Å². The number of nitrogens with one attached hydrogen (secondary N) is 2. The van der Waals surface area contributed by atoms with Gasteiger partial charge in [0, 0.05) is 25.2 Å². The van der Waals surface area contributed by atoms with Crippen molar-refractivity contribution in [2.45, 2.75) is 78.0 Å². The first-order valence-electron chi connectivity index (χ1n) is 10.4. The molecule has 0 saturated heterocycles. The fraction of sp³-hybridized carbons (Fsp3) is 0.667. The van der Waals surface area contributed by atoms with E-state index in [0.717, 1.165) is 11.3 Å². The number of hydrogen-bond donors (Lipinski definition) is 4. The van der Waals surface area contributed by atoms with Crippen molar-refractivity contribution in [3.8, 4) is 5.75 Å². The minimum atomic E-state index is -1.43. The molecule has 0 bridgehead atoms. The number of rotatable bonds is 6. The van der Waals surface area contributed by atoms with Crippen LogP contribution in [0.15, 0.2) is 18.2 Å². The van der Waals surface area contributed by atoms with Crippen molar-refractivity contribution in [3.05, 3.63) is 23.8 Å². The van der Waals surface area contributed by atoms with E-state index in [1.807, 2.05) is 39.8 Å². The van der Waals surface area contributed by atoms with Gasteiger partial charge in [-0.3, -0.25) is 0 Å². The molecule has 29 heavy (non-hydrogen) atoms. The number of hydrogen-bond acceptors (Lipinski definition) is 6. The fourth-order valence-electron chi connectivity index (χ4n) is 3.08. The predicted octanol–water partition coefficient (Wildman–Crippen LogP) is 2.33. The average Bonchev–Trinajstić information content (AvgIpc) is 2.67. The maximum absolute atomic E-state index is 10.5. The van der Waals surface area contributed by atoms with Gasteiger partial charge in [0.15, 0.2) is 0 Å². The third kappa shape index (κ3) is 10.5. The second-order valence-electron chi connectivity index (χ2n) is 8.14. The summed E-state index contributed by atoms with van der Waals surface area (Å²) in [4.78, 5) is 10.5. The van der Waals surface area contributed by atoms with E-state index in [0.29, 0.717) is 24.7 Å². The zero-order chi connectivity index (χ0) is 21.9. The molecule has 1 amide bonds. The number of carbonyl (C=O) groups is 1. The minimum absolute atomic E-state index is 0.387. The molecule has 1 fully saturated rings. The average molecular weight is 408 g/mol. The van der Waals surface area contributed by atoms with E-state index in [-0.39, 0.29) is 11.7 Å². The van der Waals surface area contributed by atoms with Crippen molar-refractivity contribution in [2.24, 2.45) is 0 Å². The van der Waals surface area contributed by atoms with Crippen molar-refractivity contribution in [1.82, 2.24) is 10.6 Å². The predicted molar refractivity (Wildman–Crippen MR) is 116 cm³/mol. The first-order chi connectivity index (χ1) is 13.7. The Labute approximate surface area is 175 Å². The molecular weight excluding hydrogens is 371 g/mol. The summed E-state index contributed by atoms with van der Waals surface area (Å²) < 4.78 is 10.4. The summed E-state index contributed by atoms with van der Waals surface area (Å²) in [5.74, 6) is 0.820. The van der Waals surface area contributed by atoms with Crippen LogP contribution in [0.1, 0.15) is 65.4 Å². The zero-order valence-corrected chi connectivity index (χ0v) is 18.5. The molecule has 164 valence electrons. The molecule has 2 rings (SSSR count). The highest BCUT2D eigenvalue weighted by molar-refractivity contribution is 6.58. The quantitative estimate of drug-likeness (QED) is 0.540. The van der Waals surface area contributed by atoms with Crippen LogP contribution in [0.25, 0.3) is 0 Å². The SMILES string of the molecule is CCOc1ccc(B(O)O)cc1CNC1CCCCC1.CNC(=O)OC(C)(C)C. The van der Waals surface area contributed by atoms with Gasteiger partial charge in [-0.15, -0.1) is 0 Å². The Hall–Kier alpha value is -1.77. The smallest absolute Gasteiger partial charge is 0.488 e. The molecule has 1 aromatic carbocycles. The van der Waals surface area contributed by atoms with E-state index in [2.05, 4.69) is 10.6 Å². The lowest BCUT2D eigenvalue weighted by Crippen LogP contribution is -2.33. The van der Waals surface area contributed by atoms with Crippen molar-refractivity contribution in [1.29, 1.82) is 0 Å². The van der Waals surface area contributed by atoms with E-state index in [4.69, 9.17) is 9.47 Å². The van der Waals surface area contributed by atoms with Gasteiger partial charge >= 0.3 is 13.2 Å². The minimum Gasteiger partial charge on any atom is -0.494 e. The second-order valence-corrected chi connectivity index (χ2v) is 8.14. The zero-order valence-electron chi connectivity index (χ0n) is 18.5. The third-order valence-electron chi connectivity index (χ3n) is 4.47. The molecule has 0 spiro atoms. The van der Waals surface area contributed by atoms with Gasteiger partial charge in [0.2, 0.25) is 0 Å². The summed E-state index contributed by atoms with van der Waals surface area (Å²) in [5.41, 5.74) is 1.11. The Morgan fingerprint density at radius 3 is 2.34 bits per heavy atom. The molecule has 0 aromatic heterocycles. The van der Waals surface area contributed by atoms with Gasteiger partial charge in [-0.05, 0) is 52.1 Å². The normalized spacial score (nSPS) is 14.4. The molecule has 0 unspecified atom stereocenters. The van der Waals surface area contributed by atoms with Crippen molar-refractivity contribution in [3.63, 3.8) is 0 Å². The Kier molecular flexibility index (Phi) is 11.1. The first-order valence-corrected chi connectivity index (χ1v) is 10.4. The molecule has 1 saturated carbocycles. The number of ether oxygens (including phenoxy) is 2. The summed E-state index contributed by atoms with van der Waals surface area (Å²) in [6.45, 7) is 8.73. The third-order valence-corrected chi connectivity index (χ3v) is 4.47. The molecule has 8 heteroatoms. The molecule has 0 heterocycles. The second kappa shape index (κ2) is 12.7. The highest BCUT2D eigenvalue weighted by atomic mass is 16.6. The largest absolute Gasteiger partial charge is 0.494 e. The summed E-state index contributed by atoms with van der Waals surface area (Å²) in [6.07, 6.45) is 6.01. The van der Waals surface area contributed by atoms with Crippen LogP contribution in [0.3, 0.4) is 0 Å². The van der Waals surface area contributed by atoms with E-state index < -0.39 is 7.12 Å². The molecular formula is C21H37BN2O5. The number of benzene rings is 1. The van der Waals surface area contributed by atoms with E-state index in [1.54, 1.807) is 6.07 Å². The Morgan fingerprint density at radius 1 is 1.21 bits per heavy atom. The Balaban J connectivity index is 0.000000396. The van der Waals surface area contributed by atoms with Crippen molar-refractivity contribution < 1.29 is 24.3 Å². The fourth-order valence-corrected chi connectivity index (χ4v) is 3.08. The topological polar surface area (TPSA) is 100 Å². The van der Waals surface area contributed by atoms with Crippen LogP contribution in [-0.2, 0) is 11.3 Å². The molecule has 0 aliphatic heterocycles. The van der Waals surface area contributed by atoms with Gasteiger partial charge in [-0.2, -0.15) is 0 Å². The van der Waals surface area contributed by atoms with Gasteiger partial charge < -0.3 is 30.2 Å². The summed E-state index contributed by atoms with van der Waals surface area (Å²) in [7, 11) is 0.104. The molecule has 7 nitrogen and oxygen atoms in total. The Morgan fingerprint density at radius 2 is 1.86 bits per heavy atom. The number of carbonyl (C=O) groups excluding carboxylic acids is 1. The van der Waals surface area contributed by atoms with Gasteiger partial charge in [0.1, 0.15) is 11.4 Å². The van der Waals surface area contributed by atoms with Crippen LogP contribution in [0.2, 0.25) is 0 Å². The lowest BCUT2D eigenvalue weighted by molar-refractivity contribution is 0.0541.